The molecule has 1 heterocycles. The predicted octanol–water partition coefficient (Wildman–Crippen LogP) is 1.39. The summed E-state index contributed by atoms with van der Waals surface area (Å²) >= 11 is 0. The van der Waals surface area contributed by atoms with Crippen molar-refractivity contribution in [3.05, 3.63) is 23.8 Å². The molecule has 0 radical (unpaired) electrons. The van der Waals surface area contributed by atoms with E-state index in [0.29, 0.717) is 13.1 Å². The fraction of sp³-hybridized carbons (Fsp3) is 0.500. The van der Waals surface area contributed by atoms with Crippen LogP contribution in [0.5, 0.6) is 5.75 Å². The molecule has 0 spiro atoms. The number of anilines is 1. The molecule has 0 saturated carbocycles. The molecule has 0 aromatic heterocycles. The highest BCUT2D eigenvalue weighted by Gasteiger charge is 2.22. The van der Waals surface area contributed by atoms with E-state index < -0.39 is 0 Å². The fourth-order valence-electron chi connectivity index (χ4n) is 1.91. The third-order valence-electron chi connectivity index (χ3n) is 3.09. The molecule has 1 aliphatic rings. The number of likely N-dealkylation sites (N-methyl/N-ethyl adjacent to an activating group) is 1. The van der Waals surface area contributed by atoms with Gasteiger partial charge in [0, 0.05) is 26.2 Å². The van der Waals surface area contributed by atoms with Crippen LogP contribution in [0.1, 0.15) is 24.2 Å². The first kappa shape index (κ1) is 15.3. The summed E-state index contributed by atoms with van der Waals surface area (Å²) in [4.78, 5) is 16.1. The van der Waals surface area contributed by atoms with Crippen LogP contribution in [-0.2, 0) is 0 Å². The lowest BCUT2D eigenvalue weighted by molar-refractivity contribution is 0.0661. The summed E-state index contributed by atoms with van der Waals surface area (Å²) in [5.41, 5.74) is 6.11. The van der Waals surface area contributed by atoms with Crippen LogP contribution in [0.3, 0.4) is 0 Å². The zero-order valence-electron chi connectivity index (χ0n) is 11.9. The molecule has 5 heteroatoms. The summed E-state index contributed by atoms with van der Waals surface area (Å²) in [5, 5.41) is 9.77. The number of piperazine rings is 1. The molecular weight excluding hydrogens is 242 g/mol. The number of amides is 1. The van der Waals surface area contributed by atoms with E-state index in [9.17, 15) is 9.90 Å². The van der Waals surface area contributed by atoms with Gasteiger partial charge < -0.3 is 20.6 Å². The molecule has 1 aromatic rings. The largest absolute Gasteiger partial charge is 0.505 e. The maximum atomic E-state index is 12.2. The van der Waals surface area contributed by atoms with Gasteiger partial charge in [-0.3, -0.25) is 4.79 Å². The number of hydrogen-bond donors (Lipinski definition) is 2. The van der Waals surface area contributed by atoms with E-state index in [1.807, 2.05) is 20.9 Å². The first-order valence-corrected chi connectivity index (χ1v) is 6.65. The second-order valence-electron chi connectivity index (χ2n) is 4.34. The van der Waals surface area contributed by atoms with Gasteiger partial charge in [0.05, 0.1) is 11.3 Å². The number of hydrogen-bond acceptors (Lipinski definition) is 4. The monoisotopic (exact) mass is 265 g/mol. The lowest BCUT2D eigenvalue weighted by Crippen LogP contribution is -2.47. The fourth-order valence-corrected chi connectivity index (χ4v) is 1.91. The lowest BCUT2D eigenvalue weighted by Gasteiger charge is -2.32. The molecule has 1 aromatic carbocycles. The van der Waals surface area contributed by atoms with Crippen LogP contribution in [0.15, 0.2) is 18.2 Å². The number of phenolic OH excluding ortho intramolecular Hbond substituents is 1. The van der Waals surface area contributed by atoms with Gasteiger partial charge in [0.25, 0.3) is 5.91 Å². The van der Waals surface area contributed by atoms with Crippen molar-refractivity contribution in [2.75, 3.05) is 39.0 Å². The number of phenols is 1. The Labute approximate surface area is 114 Å². The Morgan fingerprint density at radius 1 is 1.21 bits per heavy atom. The number of aromatic hydroxyl groups is 1. The van der Waals surface area contributed by atoms with Crippen molar-refractivity contribution in [1.82, 2.24) is 9.80 Å². The maximum absolute atomic E-state index is 12.2. The zero-order valence-corrected chi connectivity index (χ0v) is 11.9. The Bertz CT molecular complexity index is 427. The smallest absolute Gasteiger partial charge is 0.257 e. The lowest BCUT2D eigenvalue weighted by atomic mass is 10.1. The molecule has 0 bridgehead atoms. The highest BCUT2D eigenvalue weighted by atomic mass is 16.3. The van der Waals surface area contributed by atoms with Crippen molar-refractivity contribution in [3.63, 3.8) is 0 Å². The molecule has 1 fully saturated rings. The Morgan fingerprint density at radius 3 is 2.37 bits per heavy atom. The summed E-state index contributed by atoms with van der Waals surface area (Å²) in [5.74, 6) is -0.265. The number of rotatable bonds is 1. The summed E-state index contributed by atoms with van der Waals surface area (Å²) in [6.45, 7) is 7.08. The molecule has 0 aliphatic carbocycles. The molecule has 5 nitrogen and oxygen atoms in total. The molecule has 0 atom stereocenters. The zero-order chi connectivity index (χ0) is 14.4. The molecule has 106 valence electrons. The van der Waals surface area contributed by atoms with Gasteiger partial charge in [-0.25, -0.2) is 0 Å². The topological polar surface area (TPSA) is 69.8 Å². The number of nitrogens with zero attached hydrogens (tertiary/aromatic N) is 2. The highest BCUT2D eigenvalue weighted by molar-refractivity contribution is 5.98. The van der Waals surface area contributed by atoms with Gasteiger partial charge in [0.2, 0.25) is 0 Å². The van der Waals surface area contributed by atoms with Crippen molar-refractivity contribution < 1.29 is 9.90 Å². The molecule has 1 aliphatic heterocycles. The second-order valence-corrected chi connectivity index (χ2v) is 4.34. The third-order valence-corrected chi connectivity index (χ3v) is 3.09. The van der Waals surface area contributed by atoms with Crippen LogP contribution >= 0.6 is 0 Å². The molecule has 1 amide bonds. The third kappa shape index (κ3) is 3.61. The van der Waals surface area contributed by atoms with E-state index in [2.05, 4.69) is 4.90 Å². The van der Waals surface area contributed by atoms with Crippen molar-refractivity contribution in [3.8, 4) is 5.75 Å². The number of nitrogens with two attached hydrogens (primary N) is 1. The standard InChI is InChI=1S/C12H17N3O2.C2H6/c1-14-5-7-15(8-6-14)12(17)9-3-2-4-10(13)11(9)16;1-2/h2-4,16H,5-8,13H2,1H3;1-2H3. The molecule has 2 rings (SSSR count). The highest BCUT2D eigenvalue weighted by Crippen LogP contribution is 2.25. The maximum Gasteiger partial charge on any atom is 0.257 e. The number of carbonyl (C=O) groups is 1. The summed E-state index contributed by atoms with van der Waals surface area (Å²) in [6.07, 6.45) is 0. The minimum Gasteiger partial charge on any atom is -0.505 e. The van der Waals surface area contributed by atoms with Crippen molar-refractivity contribution >= 4 is 11.6 Å². The minimum absolute atomic E-state index is 0.114. The number of benzene rings is 1. The van der Waals surface area contributed by atoms with Crippen LogP contribution in [0.4, 0.5) is 5.69 Å². The van der Waals surface area contributed by atoms with Crippen LogP contribution < -0.4 is 5.73 Å². The van der Waals surface area contributed by atoms with Gasteiger partial charge in [0.15, 0.2) is 5.75 Å². The van der Waals surface area contributed by atoms with Crippen LogP contribution in [-0.4, -0.2) is 54.0 Å². The first-order valence-electron chi connectivity index (χ1n) is 6.65. The average molecular weight is 265 g/mol. The Balaban J connectivity index is 0.000000861. The van der Waals surface area contributed by atoms with Crippen molar-refractivity contribution in [2.24, 2.45) is 0 Å². The van der Waals surface area contributed by atoms with E-state index in [4.69, 9.17) is 5.73 Å². The molecule has 3 N–H and O–H groups in total. The predicted molar refractivity (Wildman–Crippen MR) is 77.3 cm³/mol. The molecule has 1 saturated heterocycles. The van der Waals surface area contributed by atoms with E-state index in [1.54, 1.807) is 23.1 Å². The van der Waals surface area contributed by atoms with Crippen LogP contribution in [0, 0.1) is 0 Å². The first-order chi connectivity index (χ1) is 9.09. The van der Waals surface area contributed by atoms with Crippen molar-refractivity contribution in [2.45, 2.75) is 13.8 Å². The van der Waals surface area contributed by atoms with E-state index >= 15 is 0 Å². The van der Waals surface area contributed by atoms with Gasteiger partial charge in [-0.2, -0.15) is 0 Å². The summed E-state index contributed by atoms with van der Waals surface area (Å²) < 4.78 is 0. The van der Waals surface area contributed by atoms with Crippen LogP contribution in [0.2, 0.25) is 0 Å². The number of para-hydroxylation sites is 1. The minimum atomic E-state index is -0.150. The quantitative estimate of drug-likeness (QED) is 0.594. The van der Waals surface area contributed by atoms with Crippen molar-refractivity contribution in [1.29, 1.82) is 0 Å². The van der Waals surface area contributed by atoms with Crippen LogP contribution in [0.25, 0.3) is 0 Å². The Hall–Kier alpha value is -1.75. The van der Waals surface area contributed by atoms with Gasteiger partial charge in [-0.05, 0) is 19.2 Å². The normalized spacial score (nSPS) is 15.6. The summed E-state index contributed by atoms with van der Waals surface area (Å²) in [7, 11) is 2.03. The van der Waals surface area contributed by atoms with Gasteiger partial charge in [0.1, 0.15) is 0 Å². The molecule has 0 unspecified atom stereocenters. The molecular formula is C14H23N3O2. The average Bonchev–Trinajstić information content (AvgIpc) is 2.44. The van der Waals surface area contributed by atoms with E-state index in [1.165, 1.54) is 0 Å². The summed E-state index contributed by atoms with van der Waals surface area (Å²) in [6, 6.07) is 4.86. The molecule has 19 heavy (non-hydrogen) atoms. The Kier molecular flexibility index (Phi) is 5.63. The number of nitrogen functional groups attached to an aromatic ring is 1. The van der Waals surface area contributed by atoms with E-state index in [0.717, 1.165) is 13.1 Å². The Morgan fingerprint density at radius 2 is 1.79 bits per heavy atom. The number of carbonyl (C=O) groups excluding carboxylic acids is 1. The van der Waals surface area contributed by atoms with Gasteiger partial charge in [-0.1, -0.05) is 19.9 Å². The van der Waals surface area contributed by atoms with Gasteiger partial charge in [-0.15, -0.1) is 0 Å². The van der Waals surface area contributed by atoms with Gasteiger partial charge >= 0.3 is 0 Å². The SMILES string of the molecule is CC.CN1CCN(C(=O)c2cccc(N)c2O)CC1. The second kappa shape index (κ2) is 6.99. The van der Waals surface area contributed by atoms with E-state index in [-0.39, 0.29) is 22.9 Å².